The summed E-state index contributed by atoms with van der Waals surface area (Å²) in [7, 11) is 3.37. The molecule has 0 saturated heterocycles. The Kier molecular flexibility index (Phi) is 4.34. The predicted molar refractivity (Wildman–Crippen MR) is 124 cm³/mol. The third kappa shape index (κ3) is 3.12. The van der Waals surface area contributed by atoms with Crippen LogP contribution in [0.2, 0.25) is 5.02 Å². The Balaban J connectivity index is 1.64. The van der Waals surface area contributed by atoms with Crippen molar-refractivity contribution < 1.29 is 0 Å². The Hall–Kier alpha value is -3.66. The Labute approximate surface area is 192 Å². The number of rotatable bonds is 5. The first kappa shape index (κ1) is 20.0. The van der Waals surface area contributed by atoms with Crippen LogP contribution in [0.25, 0.3) is 33.5 Å². The van der Waals surface area contributed by atoms with Gasteiger partial charge in [-0.1, -0.05) is 11.6 Å². The molecule has 0 atom stereocenters. The number of halogens is 1. The second kappa shape index (κ2) is 7.17. The lowest BCUT2D eigenvalue weighted by Crippen LogP contribution is -2.38. The molecule has 1 aliphatic carbocycles. The second-order valence-electron chi connectivity index (χ2n) is 8.63. The second-order valence-corrected chi connectivity index (χ2v) is 9.07. The number of imidazole rings is 1. The molecule has 1 aromatic carbocycles. The van der Waals surface area contributed by atoms with Crippen LogP contribution in [0.5, 0.6) is 0 Å². The zero-order chi connectivity index (χ0) is 22.9. The summed E-state index contributed by atoms with van der Waals surface area (Å²) in [5, 5.41) is 14.1. The molecule has 1 aliphatic rings. The lowest BCUT2D eigenvalue weighted by atomic mass is 10.2. The number of nitrogens with zero attached hydrogens (tertiary/aromatic N) is 7. The van der Waals surface area contributed by atoms with Crippen LogP contribution < -0.4 is 11.2 Å². The van der Waals surface area contributed by atoms with Gasteiger partial charge in [0, 0.05) is 43.4 Å². The first-order chi connectivity index (χ1) is 15.9. The van der Waals surface area contributed by atoms with Gasteiger partial charge in [-0.05, 0) is 37.0 Å². The van der Waals surface area contributed by atoms with Crippen LogP contribution in [0, 0.1) is 5.92 Å². The van der Waals surface area contributed by atoms with E-state index in [1.807, 2.05) is 29.9 Å². The third-order valence-electron chi connectivity index (χ3n) is 6.30. The standard InChI is InChI=1S/C22H21ClN8O2/c1-28-8-7-24-20(28)18-17-19(30(10-12-3-4-12)22(33)29(2)21(17)32)27-31(18)11-16-14-9-13(23)5-6-15(14)25-26-16/h5-9,12H,3-4,10-11H2,1-2H3,(H,25,26). The van der Waals surface area contributed by atoms with Crippen molar-refractivity contribution in [1.82, 2.24) is 38.7 Å². The van der Waals surface area contributed by atoms with Crippen molar-refractivity contribution in [1.29, 1.82) is 0 Å². The molecule has 4 aromatic heterocycles. The summed E-state index contributed by atoms with van der Waals surface area (Å²) in [6.07, 6.45) is 5.64. The van der Waals surface area contributed by atoms with E-state index < -0.39 is 0 Å². The number of benzene rings is 1. The fraction of sp³-hybridized carbons (Fsp3) is 0.318. The topological polar surface area (TPSA) is 108 Å². The maximum Gasteiger partial charge on any atom is 0.332 e. The number of fused-ring (bicyclic) bond motifs is 2. The average Bonchev–Trinajstić information content (AvgIpc) is 3.21. The molecule has 168 valence electrons. The molecule has 10 nitrogen and oxygen atoms in total. The van der Waals surface area contributed by atoms with Crippen molar-refractivity contribution in [3.8, 4) is 11.5 Å². The molecule has 6 rings (SSSR count). The minimum Gasteiger partial charge on any atom is -0.333 e. The maximum absolute atomic E-state index is 13.3. The molecular weight excluding hydrogens is 444 g/mol. The molecule has 0 bridgehead atoms. The van der Waals surface area contributed by atoms with E-state index in [0.29, 0.717) is 46.6 Å². The molecular formula is C22H21ClN8O2. The van der Waals surface area contributed by atoms with Crippen LogP contribution in [0.3, 0.4) is 0 Å². The first-order valence-corrected chi connectivity index (χ1v) is 11.1. The Morgan fingerprint density at radius 3 is 2.76 bits per heavy atom. The van der Waals surface area contributed by atoms with Crippen molar-refractivity contribution >= 4 is 33.5 Å². The number of aromatic nitrogens is 8. The normalized spacial score (nSPS) is 14.0. The SMILES string of the molecule is Cn1ccnc1-c1c2c(=O)n(C)c(=O)n(CC3CC3)c2nn1Cc1[nH]nc2ccc(Cl)cc12. The average molecular weight is 465 g/mol. The van der Waals surface area contributed by atoms with E-state index >= 15 is 0 Å². The van der Waals surface area contributed by atoms with Gasteiger partial charge in [-0.2, -0.15) is 10.2 Å². The number of aryl methyl sites for hydroxylation is 1. The van der Waals surface area contributed by atoms with Crippen molar-refractivity contribution in [3.05, 3.63) is 62.1 Å². The van der Waals surface area contributed by atoms with Gasteiger partial charge in [-0.15, -0.1) is 0 Å². The van der Waals surface area contributed by atoms with Gasteiger partial charge in [0.25, 0.3) is 5.56 Å². The van der Waals surface area contributed by atoms with Gasteiger partial charge in [0.15, 0.2) is 11.5 Å². The Bertz CT molecular complexity index is 1660. The minimum atomic E-state index is -0.385. The summed E-state index contributed by atoms with van der Waals surface area (Å²) in [6, 6.07) is 5.48. The van der Waals surface area contributed by atoms with E-state index in [2.05, 4.69) is 15.2 Å². The quantitative estimate of drug-likeness (QED) is 0.429. The highest BCUT2D eigenvalue weighted by Gasteiger charge is 2.28. The molecule has 1 saturated carbocycles. The van der Waals surface area contributed by atoms with Crippen LogP contribution in [0.1, 0.15) is 18.5 Å². The fourth-order valence-electron chi connectivity index (χ4n) is 4.33. The van der Waals surface area contributed by atoms with E-state index in [1.165, 1.54) is 7.05 Å². The number of hydrogen-bond acceptors (Lipinski definition) is 5. The molecule has 33 heavy (non-hydrogen) atoms. The van der Waals surface area contributed by atoms with E-state index in [4.69, 9.17) is 16.7 Å². The third-order valence-corrected chi connectivity index (χ3v) is 6.53. The van der Waals surface area contributed by atoms with Gasteiger partial charge in [-0.3, -0.25) is 23.7 Å². The van der Waals surface area contributed by atoms with Crippen LogP contribution >= 0.6 is 11.6 Å². The summed E-state index contributed by atoms with van der Waals surface area (Å²) >= 11 is 6.22. The van der Waals surface area contributed by atoms with Crippen LogP contribution in [-0.2, 0) is 27.2 Å². The highest BCUT2D eigenvalue weighted by atomic mass is 35.5. The first-order valence-electron chi connectivity index (χ1n) is 10.7. The molecule has 1 fully saturated rings. The summed E-state index contributed by atoms with van der Waals surface area (Å²) in [5.41, 5.74) is 1.79. The Morgan fingerprint density at radius 2 is 2.03 bits per heavy atom. The summed E-state index contributed by atoms with van der Waals surface area (Å²) in [5.74, 6) is 1.02. The summed E-state index contributed by atoms with van der Waals surface area (Å²) in [6.45, 7) is 0.845. The van der Waals surface area contributed by atoms with E-state index in [-0.39, 0.29) is 11.2 Å². The van der Waals surface area contributed by atoms with Crippen molar-refractivity contribution in [2.24, 2.45) is 20.0 Å². The van der Waals surface area contributed by atoms with Gasteiger partial charge in [0.1, 0.15) is 11.1 Å². The van der Waals surface area contributed by atoms with Crippen molar-refractivity contribution in [3.63, 3.8) is 0 Å². The zero-order valence-corrected chi connectivity index (χ0v) is 18.9. The van der Waals surface area contributed by atoms with E-state index in [1.54, 1.807) is 21.5 Å². The molecule has 4 heterocycles. The molecule has 11 heteroatoms. The smallest absolute Gasteiger partial charge is 0.332 e. The molecule has 0 spiro atoms. The van der Waals surface area contributed by atoms with Crippen molar-refractivity contribution in [2.45, 2.75) is 25.9 Å². The number of hydrogen-bond donors (Lipinski definition) is 1. The number of aromatic amines is 1. The van der Waals surface area contributed by atoms with Gasteiger partial charge < -0.3 is 4.57 Å². The number of nitrogens with one attached hydrogen (secondary N) is 1. The van der Waals surface area contributed by atoms with Crippen LogP contribution in [0.15, 0.2) is 40.2 Å². The minimum absolute atomic E-state index is 0.300. The molecule has 0 unspecified atom stereocenters. The lowest BCUT2D eigenvalue weighted by molar-refractivity contribution is 0.571. The lowest BCUT2D eigenvalue weighted by Gasteiger charge is -2.08. The number of H-pyrrole nitrogens is 1. The van der Waals surface area contributed by atoms with E-state index in [9.17, 15) is 9.59 Å². The zero-order valence-electron chi connectivity index (χ0n) is 18.1. The van der Waals surface area contributed by atoms with Gasteiger partial charge in [0.05, 0.1) is 17.8 Å². The van der Waals surface area contributed by atoms with Gasteiger partial charge in [-0.25, -0.2) is 9.78 Å². The molecule has 0 aliphatic heterocycles. The highest BCUT2D eigenvalue weighted by molar-refractivity contribution is 6.31. The van der Waals surface area contributed by atoms with Crippen LogP contribution in [0.4, 0.5) is 0 Å². The van der Waals surface area contributed by atoms with Crippen molar-refractivity contribution in [2.75, 3.05) is 0 Å². The molecule has 0 radical (unpaired) electrons. The van der Waals surface area contributed by atoms with E-state index in [0.717, 1.165) is 34.0 Å². The van der Waals surface area contributed by atoms with Crippen LogP contribution in [-0.4, -0.2) is 38.7 Å². The van der Waals surface area contributed by atoms with Gasteiger partial charge >= 0.3 is 5.69 Å². The highest BCUT2D eigenvalue weighted by Crippen LogP contribution is 2.32. The monoisotopic (exact) mass is 464 g/mol. The fourth-order valence-corrected chi connectivity index (χ4v) is 4.50. The maximum atomic E-state index is 13.3. The summed E-state index contributed by atoms with van der Waals surface area (Å²) in [4.78, 5) is 30.8. The molecule has 0 amide bonds. The van der Waals surface area contributed by atoms with Gasteiger partial charge in [0.2, 0.25) is 0 Å². The predicted octanol–water partition coefficient (Wildman–Crippen LogP) is 2.29. The molecule has 1 N–H and O–H groups in total. The summed E-state index contributed by atoms with van der Waals surface area (Å²) < 4.78 is 6.35. The largest absolute Gasteiger partial charge is 0.333 e. The Morgan fingerprint density at radius 1 is 1.21 bits per heavy atom. The molecule has 5 aromatic rings.